The Morgan fingerprint density at radius 3 is 2.73 bits per heavy atom. The number of ether oxygens (including phenoxy) is 1. The number of benzene rings is 2. The van der Waals surface area contributed by atoms with E-state index < -0.39 is 10.8 Å². The molecular weight excluding hydrogens is 308 g/mol. The highest BCUT2D eigenvalue weighted by Crippen LogP contribution is 2.27. The lowest BCUT2D eigenvalue weighted by Crippen LogP contribution is -2.14. The van der Waals surface area contributed by atoms with Crippen LogP contribution in [0.15, 0.2) is 42.5 Å². The number of nitro groups is 1. The smallest absolute Gasteiger partial charge is 0.283 e. The van der Waals surface area contributed by atoms with Crippen molar-refractivity contribution in [3.63, 3.8) is 0 Å². The number of nitrogens with zero attached hydrogens (tertiary/aromatic N) is 1. The van der Waals surface area contributed by atoms with Gasteiger partial charge in [-0.2, -0.15) is 0 Å². The topological polar surface area (TPSA) is 81.5 Å². The Bertz CT molecular complexity index is 718. The second-order valence-electron chi connectivity index (χ2n) is 4.30. The van der Waals surface area contributed by atoms with Gasteiger partial charge in [0.05, 0.1) is 17.2 Å². The fourth-order valence-corrected chi connectivity index (χ4v) is 2.06. The monoisotopic (exact) mass is 320 g/mol. The maximum absolute atomic E-state index is 12.3. The molecular formula is C15H13ClN2O4. The van der Waals surface area contributed by atoms with E-state index in [1.165, 1.54) is 12.1 Å². The third kappa shape index (κ3) is 3.53. The first-order valence-electron chi connectivity index (χ1n) is 6.50. The van der Waals surface area contributed by atoms with E-state index >= 15 is 0 Å². The summed E-state index contributed by atoms with van der Waals surface area (Å²) < 4.78 is 5.40. The molecule has 6 nitrogen and oxygen atoms in total. The van der Waals surface area contributed by atoms with Crippen LogP contribution >= 0.6 is 11.6 Å². The number of halogens is 1. The summed E-state index contributed by atoms with van der Waals surface area (Å²) in [4.78, 5) is 22.7. The molecule has 0 aliphatic carbocycles. The minimum Gasteiger partial charge on any atom is -0.492 e. The van der Waals surface area contributed by atoms with E-state index in [-0.39, 0.29) is 16.3 Å². The van der Waals surface area contributed by atoms with Crippen LogP contribution in [0.5, 0.6) is 5.75 Å². The van der Waals surface area contributed by atoms with Crippen molar-refractivity contribution < 1.29 is 14.5 Å². The number of hydrogen-bond donors (Lipinski definition) is 1. The number of amides is 1. The zero-order valence-electron chi connectivity index (χ0n) is 11.7. The molecule has 0 atom stereocenters. The summed E-state index contributed by atoms with van der Waals surface area (Å²) in [5.74, 6) is -0.106. The average molecular weight is 321 g/mol. The van der Waals surface area contributed by atoms with Gasteiger partial charge >= 0.3 is 0 Å². The molecule has 0 radical (unpaired) electrons. The molecule has 2 rings (SSSR count). The van der Waals surface area contributed by atoms with Crippen LogP contribution in [-0.4, -0.2) is 17.4 Å². The summed E-state index contributed by atoms with van der Waals surface area (Å²) in [6.07, 6.45) is 0. The zero-order valence-corrected chi connectivity index (χ0v) is 12.5. The molecule has 0 spiro atoms. The summed E-state index contributed by atoms with van der Waals surface area (Å²) in [7, 11) is 0. The van der Waals surface area contributed by atoms with Gasteiger partial charge in [0.15, 0.2) is 0 Å². The maximum Gasteiger partial charge on any atom is 0.283 e. The normalized spacial score (nSPS) is 10.1. The largest absolute Gasteiger partial charge is 0.492 e. The molecule has 0 aliphatic heterocycles. The Labute approximate surface area is 131 Å². The van der Waals surface area contributed by atoms with E-state index in [4.69, 9.17) is 16.3 Å². The third-order valence-corrected chi connectivity index (χ3v) is 3.07. The lowest BCUT2D eigenvalue weighted by atomic mass is 10.1. The van der Waals surface area contributed by atoms with Gasteiger partial charge < -0.3 is 10.1 Å². The quantitative estimate of drug-likeness (QED) is 0.669. The first kappa shape index (κ1) is 15.8. The van der Waals surface area contributed by atoms with Gasteiger partial charge in [0.25, 0.3) is 11.6 Å². The summed E-state index contributed by atoms with van der Waals surface area (Å²) in [6.45, 7) is 2.26. The Balaban J connectivity index is 2.32. The van der Waals surface area contributed by atoms with Gasteiger partial charge in [-0.15, -0.1) is 0 Å². The van der Waals surface area contributed by atoms with E-state index in [2.05, 4.69) is 5.32 Å². The molecule has 0 saturated carbocycles. The number of nitro benzene ring substituents is 1. The van der Waals surface area contributed by atoms with Gasteiger partial charge in [0.1, 0.15) is 11.3 Å². The number of rotatable bonds is 5. The first-order chi connectivity index (χ1) is 10.5. The number of hydrogen-bond acceptors (Lipinski definition) is 4. The molecule has 0 aliphatic rings. The van der Waals surface area contributed by atoms with Crippen molar-refractivity contribution in [1.29, 1.82) is 0 Å². The molecule has 2 aromatic carbocycles. The van der Waals surface area contributed by atoms with Crippen molar-refractivity contribution in [3.8, 4) is 5.75 Å². The number of nitrogens with one attached hydrogen (secondary N) is 1. The highest BCUT2D eigenvalue weighted by Gasteiger charge is 2.21. The van der Waals surface area contributed by atoms with Crippen LogP contribution in [0, 0.1) is 10.1 Å². The summed E-state index contributed by atoms with van der Waals surface area (Å²) in [5, 5.41) is 13.8. The molecule has 0 bridgehead atoms. The summed E-state index contributed by atoms with van der Waals surface area (Å²) in [5.41, 5.74) is 0.0261. The van der Waals surface area contributed by atoms with Crippen molar-refractivity contribution in [1.82, 2.24) is 0 Å². The predicted molar refractivity (Wildman–Crippen MR) is 83.7 cm³/mol. The van der Waals surface area contributed by atoms with Gasteiger partial charge in [0.2, 0.25) is 0 Å². The van der Waals surface area contributed by atoms with Crippen molar-refractivity contribution in [2.75, 3.05) is 11.9 Å². The van der Waals surface area contributed by atoms with Gasteiger partial charge in [-0.1, -0.05) is 23.7 Å². The van der Waals surface area contributed by atoms with Crippen LogP contribution in [0.3, 0.4) is 0 Å². The van der Waals surface area contributed by atoms with Crippen LogP contribution in [0.1, 0.15) is 17.3 Å². The van der Waals surface area contributed by atoms with Crippen molar-refractivity contribution in [2.24, 2.45) is 0 Å². The number of para-hydroxylation sites is 2. The number of carbonyl (C=O) groups is 1. The molecule has 0 fully saturated rings. The van der Waals surface area contributed by atoms with E-state index in [0.717, 1.165) is 6.07 Å². The molecule has 114 valence electrons. The van der Waals surface area contributed by atoms with E-state index in [0.29, 0.717) is 18.0 Å². The Morgan fingerprint density at radius 2 is 2.05 bits per heavy atom. The highest BCUT2D eigenvalue weighted by atomic mass is 35.5. The third-order valence-electron chi connectivity index (χ3n) is 2.84. The van der Waals surface area contributed by atoms with Gasteiger partial charge in [-0.05, 0) is 31.2 Å². The second-order valence-corrected chi connectivity index (χ2v) is 4.74. The first-order valence-corrected chi connectivity index (χ1v) is 6.88. The predicted octanol–water partition coefficient (Wildman–Crippen LogP) is 3.90. The standard InChI is InChI=1S/C15H13ClN2O4/c1-2-22-14-6-4-3-5-12(14)17-15(19)11-8-7-10(16)9-13(11)18(20)21/h3-9H,2H2,1H3,(H,17,19). The van der Waals surface area contributed by atoms with E-state index in [9.17, 15) is 14.9 Å². The molecule has 22 heavy (non-hydrogen) atoms. The van der Waals surface area contributed by atoms with E-state index in [1.807, 2.05) is 6.92 Å². The molecule has 0 unspecified atom stereocenters. The van der Waals surface area contributed by atoms with Crippen LogP contribution in [0.4, 0.5) is 11.4 Å². The lowest BCUT2D eigenvalue weighted by molar-refractivity contribution is -0.385. The number of carbonyl (C=O) groups excluding carboxylic acids is 1. The molecule has 0 aromatic heterocycles. The van der Waals surface area contributed by atoms with Crippen molar-refractivity contribution >= 4 is 28.9 Å². The van der Waals surface area contributed by atoms with Gasteiger partial charge in [0, 0.05) is 11.1 Å². The fourth-order valence-electron chi connectivity index (χ4n) is 1.89. The second kappa shape index (κ2) is 6.91. The summed E-state index contributed by atoms with van der Waals surface area (Å²) >= 11 is 5.74. The fraction of sp³-hybridized carbons (Fsp3) is 0.133. The van der Waals surface area contributed by atoms with Crippen LogP contribution in [0.2, 0.25) is 5.02 Å². The Hall–Kier alpha value is -2.60. The molecule has 0 heterocycles. The van der Waals surface area contributed by atoms with E-state index in [1.54, 1.807) is 24.3 Å². The Kier molecular flexibility index (Phi) is 4.95. The van der Waals surface area contributed by atoms with Crippen LogP contribution < -0.4 is 10.1 Å². The van der Waals surface area contributed by atoms with Crippen molar-refractivity contribution in [3.05, 3.63) is 63.2 Å². The molecule has 7 heteroatoms. The highest BCUT2D eigenvalue weighted by molar-refractivity contribution is 6.31. The molecule has 1 amide bonds. The molecule has 0 saturated heterocycles. The van der Waals surface area contributed by atoms with Gasteiger partial charge in [-0.3, -0.25) is 14.9 Å². The minimum atomic E-state index is -0.644. The minimum absolute atomic E-state index is 0.0688. The summed E-state index contributed by atoms with van der Waals surface area (Å²) in [6, 6.07) is 10.8. The van der Waals surface area contributed by atoms with Gasteiger partial charge in [-0.25, -0.2) is 0 Å². The molecule has 1 N–H and O–H groups in total. The maximum atomic E-state index is 12.3. The number of anilines is 1. The van der Waals surface area contributed by atoms with Crippen molar-refractivity contribution in [2.45, 2.75) is 6.92 Å². The Morgan fingerprint density at radius 1 is 1.32 bits per heavy atom. The lowest BCUT2D eigenvalue weighted by Gasteiger charge is -2.11. The molecule has 2 aromatic rings. The van der Waals surface area contributed by atoms with Crippen LogP contribution in [-0.2, 0) is 0 Å². The SMILES string of the molecule is CCOc1ccccc1NC(=O)c1ccc(Cl)cc1[N+](=O)[O-]. The average Bonchev–Trinajstić information content (AvgIpc) is 2.49. The zero-order chi connectivity index (χ0) is 16.1. The van der Waals surface area contributed by atoms with Crippen LogP contribution in [0.25, 0.3) is 0 Å².